The molecule has 0 fully saturated rings. The highest BCUT2D eigenvalue weighted by atomic mass is 19.4. The number of aliphatic imine (C=N–C) groups is 1. The van der Waals surface area contributed by atoms with E-state index < -0.39 is 29.3 Å². The Kier molecular flexibility index (Phi) is 10.9. The van der Waals surface area contributed by atoms with E-state index in [1.54, 1.807) is 48.5 Å². The molecule has 1 aliphatic heterocycles. The molecule has 1 heterocycles. The summed E-state index contributed by atoms with van der Waals surface area (Å²) >= 11 is 0. The SMILES string of the molecule is [N-]=[N+]=Nc1ccccc1C[C@@]1(C(=O)NCc2ccc(C(F)(F)F)cc2)N=C(c2ccc(OCCCO)cc2)O[C@@H]1c1ccc(-c2ccccc2)cc1. The van der Waals surface area contributed by atoms with Gasteiger partial charge >= 0.3 is 6.18 Å². The number of rotatable bonds is 13. The topological polar surface area (TPSA) is 129 Å². The van der Waals surface area contributed by atoms with E-state index in [4.69, 9.17) is 19.6 Å². The van der Waals surface area contributed by atoms with Crippen molar-refractivity contribution in [3.63, 3.8) is 0 Å². The van der Waals surface area contributed by atoms with Crippen LogP contribution in [0.15, 0.2) is 138 Å². The normalized spacial score (nSPS) is 16.7. The van der Waals surface area contributed by atoms with E-state index in [9.17, 15) is 23.5 Å². The van der Waals surface area contributed by atoms with Crippen LogP contribution in [0.3, 0.4) is 0 Å². The van der Waals surface area contributed by atoms with Crippen LogP contribution in [-0.2, 0) is 28.7 Å². The first-order valence-corrected chi connectivity index (χ1v) is 16.5. The third-order valence-electron chi connectivity index (χ3n) is 8.69. The average molecular weight is 706 g/mol. The molecule has 5 aromatic carbocycles. The summed E-state index contributed by atoms with van der Waals surface area (Å²) in [6.45, 7) is 0.254. The van der Waals surface area contributed by atoms with Crippen molar-refractivity contribution < 1.29 is 32.5 Å². The van der Waals surface area contributed by atoms with Crippen LogP contribution in [0.1, 0.15) is 40.3 Å². The van der Waals surface area contributed by atoms with Crippen molar-refractivity contribution in [2.45, 2.75) is 37.2 Å². The number of azide groups is 1. The Labute approximate surface area is 298 Å². The molecule has 12 heteroatoms. The lowest BCUT2D eigenvalue weighted by molar-refractivity contribution is -0.137. The highest BCUT2D eigenvalue weighted by molar-refractivity contribution is 6.01. The zero-order valence-electron chi connectivity index (χ0n) is 27.8. The predicted molar refractivity (Wildman–Crippen MR) is 191 cm³/mol. The van der Waals surface area contributed by atoms with E-state index >= 15 is 0 Å². The van der Waals surface area contributed by atoms with Crippen molar-refractivity contribution >= 4 is 17.5 Å². The summed E-state index contributed by atoms with van der Waals surface area (Å²) in [6, 6.07) is 35.9. The smallest absolute Gasteiger partial charge is 0.416 e. The molecule has 52 heavy (non-hydrogen) atoms. The fourth-order valence-corrected chi connectivity index (χ4v) is 6.01. The van der Waals surface area contributed by atoms with Gasteiger partial charge in [0.15, 0.2) is 11.6 Å². The molecule has 1 amide bonds. The Balaban J connectivity index is 1.42. The number of nitrogens with one attached hydrogen (secondary N) is 1. The summed E-state index contributed by atoms with van der Waals surface area (Å²) in [5.74, 6) is 0.219. The first-order chi connectivity index (χ1) is 25.2. The number of alkyl halides is 3. The second-order valence-corrected chi connectivity index (χ2v) is 12.1. The van der Waals surface area contributed by atoms with E-state index in [2.05, 4.69) is 15.3 Å². The van der Waals surface area contributed by atoms with Crippen molar-refractivity contribution in [2.24, 2.45) is 10.1 Å². The van der Waals surface area contributed by atoms with Gasteiger partial charge < -0.3 is 19.9 Å². The number of aliphatic hydroxyl groups excluding tert-OH is 1. The third kappa shape index (κ3) is 8.10. The minimum absolute atomic E-state index is 0.00225. The lowest BCUT2D eigenvalue weighted by Gasteiger charge is -2.31. The summed E-state index contributed by atoms with van der Waals surface area (Å²) in [6.07, 6.45) is -5.04. The summed E-state index contributed by atoms with van der Waals surface area (Å²) in [5, 5.41) is 15.9. The van der Waals surface area contributed by atoms with Gasteiger partial charge in [-0.2, -0.15) is 13.2 Å². The molecular formula is C40H34F3N5O4. The molecule has 1 aliphatic rings. The zero-order chi connectivity index (χ0) is 36.6. The van der Waals surface area contributed by atoms with Crippen molar-refractivity contribution in [3.05, 3.63) is 166 Å². The predicted octanol–water partition coefficient (Wildman–Crippen LogP) is 8.89. The van der Waals surface area contributed by atoms with Gasteiger partial charge in [-0.15, -0.1) is 0 Å². The van der Waals surface area contributed by atoms with Gasteiger partial charge in [0.1, 0.15) is 5.75 Å². The van der Waals surface area contributed by atoms with Crippen LogP contribution in [0, 0.1) is 0 Å². The molecule has 5 aromatic rings. The van der Waals surface area contributed by atoms with Gasteiger partial charge in [0.25, 0.3) is 5.91 Å². The molecule has 0 saturated carbocycles. The molecule has 6 rings (SSSR count). The zero-order valence-corrected chi connectivity index (χ0v) is 27.8. The number of ether oxygens (including phenoxy) is 2. The number of aliphatic hydroxyl groups is 1. The number of hydrogen-bond acceptors (Lipinski definition) is 6. The molecule has 0 radical (unpaired) electrons. The van der Waals surface area contributed by atoms with Gasteiger partial charge in [0, 0.05) is 42.2 Å². The van der Waals surface area contributed by atoms with Crippen molar-refractivity contribution in [1.82, 2.24) is 5.32 Å². The molecule has 2 N–H and O–H groups in total. The average Bonchev–Trinajstić information content (AvgIpc) is 3.55. The second-order valence-electron chi connectivity index (χ2n) is 12.1. The fourth-order valence-electron chi connectivity index (χ4n) is 6.01. The van der Waals surface area contributed by atoms with E-state index in [1.165, 1.54) is 12.1 Å². The Hall–Kier alpha value is -6.10. The quantitative estimate of drug-likeness (QED) is 0.0549. The highest BCUT2D eigenvalue weighted by Crippen LogP contribution is 2.44. The number of nitrogens with zero attached hydrogens (tertiary/aromatic N) is 4. The maximum absolute atomic E-state index is 14.7. The van der Waals surface area contributed by atoms with Gasteiger partial charge in [0.2, 0.25) is 5.90 Å². The van der Waals surface area contributed by atoms with Gasteiger partial charge in [-0.3, -0.25) is 4.79 Å². The number of benzene rings is 5. The van der Waals surface area contributed by atoms with E-state index in [0.717, 1.165) is 23.3 Å². The van der Waals surface area contributed by atoms with E-state index in [-0.39, 0.29) is 25.5 Å². The van der Waals surface area contributed by atoms with Crippen LogP contribution in [0.25, 0.3) is 21.6 Å². The molecule has 264 valence electrons. The first kappa shape index (κ1) is 35.7. The number of halogens is 3. The Morgan fingerprint density at radius 1 is 0.885 bits per heavy atom. The molecule has 9 nitrogen and oxygen atoms in total. The Morgan fingerprint density at radius 3 is 2.21 bits per heavy atom. The summed E-state index contributed by atoms with van der Waals surface area (Å²) in [7, 11) is 0. The summed E-state index contributed by atoms with van der Waals surface area (Å²) < 4.78 is 52.0. The first-order valence-electron chi connectivity index (χ1n) is 16.5. The number of carbonyl (C=O) groups excluding carboxylic acids is 1. The molecule has 0 saturated heterocycles. The molecule has 0 bridgehead atoms. The number of carbonyl (C=O) groups is 1. The number of amides is 1. The lowest BCUT2D eigenvalue weighted by Crippen LogP contribution is -2.49. The standard InChI is InChI=1S/C40H34F3N5O4/c41-40(42,43)33-19-11-27(12-20-33)26-45-38(50)39(25-32-9-4-5-10-35(32)47-48-44)36(30-15-13-29(14-16-30)28-7-2-1-3-8-28)52-37(46-39)31-17-21-34(22-18-31)51-24-6-23-49/h1-5,7-22,36,49H,6,23-26H2,(H,45,50)/t36-,39-/m1/s1. The molecule has 2 atom stereocenters. The molecular weight excluding hydrogens is 671 g/mol. The molecule has 0 spiro atoms. The monoisotopic (exact) mass is 705 g/mol. The maximum atomic E-state index is 14.7. The van der Waals surface area contributed by atoms with Gasteiger partial charge in [-0.05, 0) is 69.7 Å². The summed E-state index contributed by atoms with van der Waals surface area (Å²) in [4.78, 5) is 22.7. The van der Waals surface area contributed by atoms with Gasteiger partial charge in [-0.1, -0.05) is 96.1 Å². The Bertz CT molecular complexity index is 2070. The minimum atomic E-state index is -4.50. The van der Waals surface area contributed by atoms with Crippen molar-refractivity contribution in [2.75, 3.05) is 13.2 Å². The maximum Gasteiger partial charge on any atom is 0.416 e. The lowest BCUT2D eigenvalue weighted by atomic mass is 9.81. The Morgan fingerprint density at radius 2 is 1.54 bits per heavy atom. The number of hydrogen-bond donors (Lipinski definition) is 2. The van der Waals surface area contributed by atoms with Crippen LogP contribution >= 0.6 is 0 Å². The van der Waals surface area contributed by atoms with Gasteiger partial charge in [-0.25, -0.2) is 4.99 Å². The largest absolute Gasteiger partial charge is 0.494 e. The fraction of sp³-hybridized carbons (Fsp3) is 0.200. The second kappa shape index (κ2) is 15.8. The van der Waals surface area contributed by atoms with E-state index in [0.29, 0.717) is 46.7 Å². The molecule has 0 aromatic heterocycles. The highest BCUT2D eigenvalue weighted by Gasteiger charge is 2.53. The van der Waals surface area contributed by atoms with Crippen LogP contribution in [-0.4, -0.2) is 35.7 Å². The van der Waals surface area contributed by atoms with Crippen molar-refractivity contribution in [1.29, 1.82) is 0 Å². The van der Waals surface area contributed by atoms with Crippen LogP contribution < -0.4 is 10.1 Å². The molecule has 0 aliphatic carbocycles. The minimum Gasteiger partial charge on any atom is -0.494 e. The third-order valence-corrected chi connectivity index (χ3v) is 8.69. The van der Waals surface area contributed by atoms with Gasteiger partial charge in [0.05, 0.1) is 12.2 Å². The van der Waals surface area contributed by atoms with Crippen molar-refractivity contribution in [3.8, 4) is 16.9 Å². The van der Waals surface area contributed by atoms with Crippen LogP contribution in [0.2, 0.25) is 0 Å². The molecule has 0 unspecified atom stereocenters. The summed E-state index contributed by atoms with van der Waals surface area (Å²) in [5.41, 5.74) is 11.3. The van der Waals surface area contributed by atoms with Crippen LogP contribution in [0.4, 0.5) is 18.9 Å². The van der Waals surface area contributed by atoms with Crippen LogP contribution in [0.5, 0.6) is 5.75 Å². The van der Waals surface area contributed by atoms with E-state index in [1.807, 2.05) is 54.6 Å².